The number of nitrogens with one attached hydrogen (secondary N) is 1. The average molecular weight is 405 g/mol. The second kappa shape index (κ2) is 8.64. The van der Waals surface area contributed by atoms with Crippen LogP contribution >= 0.6 is 11.6 Å². The molecule has 0 radical (unpaired) electrons. The molecule has 0 unspecified atom stereocenters. The largest absolute Gasteiger partial charge is 0.382 e. The SMILES string of the molecule is C[Si](C)(C)CCOCn1cc(C#N)c2c(NC3CCCCC3)cc(Cl)nc21. The molecule has 1 aliphatic carbocycles. The third-order valence-electron chi connectivity index (χ3n) is 5.11. The lowest BCUT2D eigenvalue weighted by molar-refractivity contribution is 0.0898. The van der Waals surface area contributed by atoms with E-state index in [1.807, 2.05) is 16.8 Å². The standard InChI is InChI=1S/C20H29ClN4OSi/c1-27(2,3)10-9-26-14-25-13-15(12-22)19-17(11-18(21)24-20(19)25)23-16-7-5-4-6-8-16/h11,13,16H,4-10,14H2,1-3H3,(H,23,24). The lowest BCUT2D eigenvalue weighted by atomic mass is 9.95. The van der Waals surface area contributed by atoms with Crippen molar-refractivity contribution in [1.29, 1.82) is 5.26 Å². The molecule has 0 amide bonds. The summed E-state index contributed by atoms with van der Waals surface area (Å²) in [7, 11) is -1.13. The van der Waals surface area contributed by atoms with Gasteiger partial charge in [0.2, 0.25) is 0 Å². The molecule has 2 heterocycles. The molecule has 0 spiro atoms. The van der Waals surface area contributed by atoms with Gasteiger partial charge in [-0.05, 0) is 25.0 Å². The van der Waals surface area contributed by atoms with E-state index in [1.54, 1.807) is 0 Å². The molecule has 5 nitrogen and oxygen atoms in total. The molecule has 1 N–H and O–H groups in total. The Bertz CT molecular complexity index is 831. The summed E-state index contributed by atoms with van der Waals surface area (Å²) in [5, 5.41) is 14.5. The number of aromatic nitrogens is 2. The molecule has 1 fully saturated rings. The zero-order valence-electron chi connectivity index (χ0n) is 16.5. The maximum Gasteiger partial charge on any atom is 0.147 e. The third kappa shape index (κ3) is 5.25. The van der Waals surface area contributed by atoms with Gasteiger partial charge in [0.15, 0.2) is 0 Å². The van der Waals surface area contributed by atoms with Gasteiger partial charge in [0.1, 0.15) is 23.6 Å². The molecule has 2 aromatic rings. The van der Waals surface area contributed by atoms with Gasteiger partial charge in [-0.1, -0.05) is 50.5 Å². The summed E-state index contributed by atoms with van der Waals surface area (Å²) in [4.78, 5) is 4.49. The number of fused-ring (bicyclic) bond motifs is 1. The van der Waals surface area contributed by atoms with Crippen LogP contribution in [0.4, 0.5) is 5.69 Å². The number of nitriles is 1. The summed E-state index contributed by atoms with van der Waals surface area (Å²) >= 11 is 6.30. The van der Waals surface area contributed by atoms with Gasteiger partial charge in [0, 0.05) is 32.6 Å². The summed E-state index contributed by atoms with van der Waals surface area (Å²) in [6, 6.07) is 5.70. The van der Waals surface area contributed by atoms with Crippen molar-refractivity contribution < 1.29 is 4.74 Å². The van der Waals surface area contributed by atoms with Crippen LogP contribution in [0.3, 0.4) is 0 Å². The molecule has 7 heteroatoms. The topological polar surface area (TPSA) is 62.9 Å². The Hall–Kier alpha value is -1.55. The third-order valence-corrected chi connectivity index (χ3v) is 7.01. The summed E-state index contributed by atoms with van der Waals surface area (Å²) in [5.41, 5.74) is 2.24. The maximum absolute atomic E-state index is 9.64. The zero-order valence-corrected chi connectivity index (χ0v) is 18.3. The lowest BCUT2D eigenvalue weighted by Crippen LogP contribution is -2.22. The van der Waals surface area contributed by atoms with Crippen molar-refractivity contribution in [3.63, 3.8) is 0 Å². The molecular weight excluding hydrogens is 376 g/mol. The number of pyridine rings is 1. The van der Waals surface area contributed by atoms with Crippen molar-refractivity contribution in [1.82, 2.24) is 9.55 Å². The maximum atomic E-state index is 9.64. The van der Waals surface area contributed by atoms with Crippen molar-refractivity contribution in [3.05, 3.63) is 23.0 Å². The fourth-order valence-corrected chi connectivity index (χ4v) is 4.51. The Morgan fingerprint density at radius 2 is 2.07 bits per heavy atom. The number of rotatable bonds is 7. The summed E-state index contributed by atoms with van der Waals surface area (Å²) in [5.74, 6) is 0. The van der Waals surface area contributed by atoms with Gasteiger partial charge in [-0.3, -0.25) is 0 Å². The highest BCUT2D eigenvalue weighted by atomic mass is 35.5. The van der Waals surface area contributed by atoms with Crippen LogP contribution in [0.25, 0.3) is 11.0 Å². The summed E-state index contributed by atoms with van der Waals surface area (Å²) in [6.45, 7) is 8.11. The Morgan fingerprint density at radius 3 is 2.74 bits per heavy atom. The quantitative estimate of drug-likeness (QED) is 0.369. The minimum atomic E-state index is -1.13. The van der Waals surface area contributed by atoms with E-state index in [2.05, 4.69) is 36.0 Å². The molecule has 146 valence electrons. The first-order valence-electron chi connectivity index (χ1n) is 9.81. The van der Waals surface area contributed by atoms with Crippen LogP contribution in [0.1, 0.15) is 37.7 Å². The second-order valence-electron chi connectivity index (χ2n) is 8.64. The molecular formula is C20H29ClN4OSi. The minimum Gasteiger partial charge on any atom is -0.382 e. The first kappa shape index (κ1) is 20.2. The predicted molar refractivity (Wildman–Crippen MR) is 114 cm³/mol. The van der Waals surface area contributed by atoms with Crippen molar-refractivity contribution >= 4 is 36.4 Å². The Balaban J connectivity index is 1.84. The van der Waals surface area contributed by atoms with E-state index in [4.69, 9.17) is 16.3 Å². The molecule has 27 heavy (non-hydrogen) atoms. The van der Waals surface area contributed by atoms with Gasteiger partial charge in [0.05, 0.1) is 10.9 Å². The van der Waals surface area contributed by atoms with E-state index in [1.165, 1.54) is 19.3 Å². The van der Waals surface area contributed by atoms with Gasteiger partial charge < -0.3 is 14.6 Å². The number of anilines is 1. The van der Waals surface area contributed by atoms with Gasteiger partial charge >= 0.3 is 0 Å². The summed E-state index contributed by atoms with van der Waals surface area (Å²) < 4.78 is 7.78. The summed E-state index contributed by atoms with van der Waals surface area (Å²) in [6.07, 6.45) is 7.94. The van der Waals surface area contributed by atoms with E-state index in [9.17, 15) is 5.26 Å². The zero-order chi connectivity index (χ0) is 19.4. The number of nitrogens with zero attached hydrogens (tertiary/aromatic N) is 3. The van der Waals surface area contributed by atoms with Crippen molar-refractivity contribution in [2.24, 2.45) is 0 Å². The smallest absolute Gasteiger partial charge is 0.147 e. The minimum absolute atomic E-state index is 0.388. The van der Waals surface area contributed by atoms with Crippen molar-refractivity contribution in [3.8, 4) is 6.07 Å². The van der Waals surface area contributed by atoms with Gasteiger partial charge in [-0.15, -0.1) is 0 Å². The van der Waals surface area contributed by atoms with Gasteiger partial charge in [-0.2, -0.15) is 5.26 Å². The molecule has 0 aromatic carbocycles. The van der Waals surface area contributed by atoms with Gasteiger partial charge in [0.25, 0.3) is 0 Å². The number of halogens is 1. The van der Waals surface area contributed by atoms with Crippen LogP contribution < -0.4 is 5.32 Å². The number of hydrogen-bond acceptors (Lipinski definition) is 4. The number of hydrogen-bond donors (Lipinski definition) is 1. The van der Waals surface area contributed by atoms with E-state index in [0.717, 1.165) is 36.6 Å². The molecule has 0 saturated heterocycles. The molecule has 0 atom stereocenters. The Labute approximate surface area is 167 Å². The van der Waals surface area contributed by atoms with Crippen molar-refractivity contribution in [2.45, 2.75) is 70.6 Å². The van der Waals surface area contributed by atoms with Crippen LogP contribution in [0.5, 0.6) is 0 Å². The van der Waals surface area contributed by atoms with Crippen LogP contribution in [0.15, 0.2) is 12.3 Å². The second-order valence-corrected chi connectivity index (χ2v) is 14.7. The van der Waals surface area contributed by atoms with Crippen molar-refractivity contribution in [2.75, 3.05) is 11.9 Å². The van der Waals surface area contributed by atoms with Gasteiger partial charge in [-0.25, -0.2) is 4.98 Å². The van der Waals surface area contributed by atoms with Crippen LogP contribution in [-0.2, 0) is 11.5 Å². The highest BCUT2D eigenvalue weighted by molar-refractivity contribution is 6.76. The molecule has 3 rings (SSSR count). The first-order chi connectivity index (χ1) is 12.9. The fourth-order valence-electron chi connectivity index (χ4n) is 3.56. The molecule has 1 saturated carbocycles. The first-order valence-corrected chi connectivity index (χ1v) is 13.9. The predicted octanol–water partition coefficient (Wildman–Crippen LogP) is 5.62. The number of ether oxygens (including phenoxy) is 1. The average Bonchev–Trinajstić information content (AvgIpc) is 2.96. The van der Waals surface area contributed by atoms with Crippen LogP contribution in [0.2, 0.25) is 30.8 Å². The molecule has 2 aromatic heterocycles. The van der Waals surface area contributed by atoms with Crippen LogP contribution in [-0.4, -0.2) is 30.3 Å². The molecule has 0 aliphatic heterocycles. The van der Waals surface area contributed by atoms with Crippen LogP contribution in [0, 0.1) is 11.3 Å². The Morgan fingerprint density at radius 1 is 1.33 bits per heavy atom. The normalized spacial score (nSPS) is 15.8. The van der Waals surface area contributed by atoms with E-state index in [0.29, 0.717) is 29.1 Å². The molecule has 1 aliphatic rings. The highest BCUT2D eigenvalue weighted by Crippen LogP contribution is 2.32. The monoisotopic (exact) mass is 404 g/mol. The molecule has 0 bridgehead atoms. The van der Waals surface area contributed by atoms with E-state index in [-0.39, 0.29) is 0 Å². The lowest BCUT2D eigenvalue weighted by Gasteiger charge is -2.24. The Kier molecular flexibility index (Phi) is 6.46. The highest BCUT2D eigenvalue weighted by Gasteiger charge is 2.19. The van der Waals surface area contributed by atoms with E-state index < -0.39 is 8.07 Å². The van der Waals surface area contributed by atoms with E-state index >= 15 is 0 Å². The fraction of sp³-hybridized carbons (Fsp3) is 0.600.